The zero-order valence-electron chi connectivity index (χ0n) is 26.9. The van der Waals surface area contributed by atoms with Gasteiger partial charge in [-0.25, -0.2) is 4.98 Å². The van der Waals surface area contributed by atoms with Crippen molar-refractivity contribution in [1.82, 2.24) is 24.4 Å². The average molecular weight is 657 g/mol. The van der Waals surface area contributed by atoms with Gasteiger partial charge in [0.05, 0.1) is 24.5 Å². The number of nitrogens with zero attached hydrogens (tertiary/aromatic N) is 5. The number of rotatable bonds is 9. The number of ether oxygens (including phenoxy) is 2. The maximum absolute atomic E-state index is 14.2. The second-order valence-electron chi connectivity index (χ2n) is 12.9. The van der Waals surface area contributed by atoms with E-state index in [0.29, 0.717) is 86.0 Å². The number of hydrogen-bond donors (Lipinski definition) is 1. The van der Waals surface area contributed by atoms with E-state index >= 15 is 0 Å². The van der Waals surface area contributed by atoms with Crippen LogP contribution in [0, 0.1) is 0 Å². The molecule has 1 atom stereocenters. The lowest BCUT2D eigenvalue weighted by molar-refractivity contribution is 0.0364. The summed E-state index contributed by atoms with van der Waals surface area (Å²) < 4.78 is 26.4. The van der Waals surface area contributed by atoms with E-state index in [0.717, 1.165) is 24.2 Å². The van der Waals surface area contributed by atoms with Crippen molar-refractivity contribution in [3.05, 3.63) is 70.8 Å². The highest BCUT2D eigenvalue weighted by molar-refractivity contribution is 8.00. The zero-order valence-corrected chi connectivity index (χ0v) is 27.8. The molecular formula is C36H44N6O4S. The minimum Gasteiger partial charge on any atom is -0.381 e. The van der Waals surface area contributed by atoms with E-state index in [2.05, 4.69) is 50.3 Å². The summed E-state index contributed by atoms with van der Waals surface area (Å²) in [7, 11) is -2.54. The Morgan fingerprint density at radius 1 is 0.872 bits per heavy atom. The maximum Gasteiger partial charge on any atom is 0.261 e. The van der Waals surface area contributed by atoms with Crippen LogP contribution in [0.2, 0.25) is 0 Å². The number of fused-ring (bicyclic) bond motifs is 1. The van der Waals surface area contributed by atoms with Gasteiger partial charge in [-0.1, -0.05) is 31.4 Å². The third kappa shape index (κ3) is 7.13. The molecule has 0 spiro atoms. The van der Waals surface area contributed by atoms with Gasteiger partial charge in [0.25, 0.3) is 5.56 Å². The van der Waals surface area contributed by atoms with Gasteiger partial charge in [-0.3, -0.25) is 23.5 Å². The Labute approximate surface area is 276 Å². The molecule has 1 aromatic carbocycles. The summed E-state index contributed by atoms with van der Waals surface area (Å²) in [6, 6.07) is 14.0. The minimum atomic E-state index is -2.54. The molecule has 1 unspecified atom stereocenters. The van der Waals surface area contributed by atoms with Crippen LogP contribution in [0.3, 0.4) is 0 Å². The number of benzene rings is 1. The summed E-state index contributed by atoms with van der Waals surface area (Å²) in [6.45, 7) is 5.36. The minimum absolute atomic E-state index is 0.0447. The van der Waals surface area contributed by atoms with Crippen molar-refractivity contribution in [1.29, 1.82) is 0 Å². The van der Waals surface area contributed by atoms with Crippen molar-refractivity contribution in [2.24, 2.45) is 0 Å². The van der Waals surface area contributed by atoms with Crippen LogP contribution in [0.15, 0.2) is 64.5 Å². The Morgan fingerprint density at radius 2 is 1.62 bits per heavy atom. The molecule has 2 saturated heterocycles. The predicted molar refractivity (Wildman–Crippen MR) is 187 cm³/mol. The molecule has 3 aliphatic rings. The van der Waals surface area contributed by atoms with Crippen LogP contribution in [-0.4, -0.2) is 85.8 Å². The molecule has 1 N–H and O–H groups in total. The van der Waals surface area contributed by atoms with Crippen molar-refractivity contribution in [3.63, 3.8) is 0 Å². The number of pyridine rings is 2. The van der Waals surface area contributed by atoms with Gasteiger partial charge in [0.1, 0.15) is 5.65 Å². The molecule has 7 rings (SSSR count). The van der Waals surface area contributed by atoms with Crippen LogP contribution in [0.4, 0.5) is 11.6 Å². The number of hydrogen-bond acceptors (Lipinski definition) is 9. The second-order valence-corrected chi connectivity index (χ2v) is 15.5. The number of aromatic nitrogens is 4. The maximum atomic E-state index is 14.2. The van der Waals surface area contributed by atoms with Gasteiger partial charge < -0.3 is 14.8 Å². The van der Waals surface area contributed by atoms with Gasteiger partial charge in [-0.15, -0.1) is 0 Å². The number of anilines is 2. The Kier molecular flexibility index (Phi) is 9.67. The summed E-state index contributed by atoms with van der Waals surface area (Å²) in [6.07, 6.45) is 11.3. The molecule has 1 aliphatic carbocycles. The van der Waals surface area contributed by atoms with E-state index in [1.165, 1.54) is 37.7 Å². The van der Waals surface area contributed by atoms with Crippen LogP contribution in [0.1, 0.15) is 56.4 Å². The molecule has 3 aromatic heterocycles. The van der Waals surface area contributed by atoms with Gasteiger partial charge in [0.2, 0.25) is 5.95 Å². The van der Waals surface area contributed by atoms with Gasteiger partial charge in [0.15, 0.2) is 0 Å². The lowest BCUT2D eigenvalue weighted by Crippen LogP contribution is -2.39. The van der Waals surface area contributed by atoms with Crippen molar-refractivity contribution < 1.29 is 13.7 Å². The molecule has 0 bridgehead atoms. The Balaban J connectivity index is 1.19. The standard InChI is InChI=1S/C36H44N6O4S/c1-47(44,30-13-19-45-20-14-30)31-11-12-33(37-25-31)32-23-28-24-38-36(39-29-9-7-27(8-10-29)26-5-3-2-4-6-26)40-34(28)42(35(32)43)16-15-41-17-21-46-22-18-41/h7-12,23-26,30H,1-6,13-22H2,(H,38,39,40). The first-order valence-corrected chi connectivity index (χ1v) is 18.7. The number of nitrogens with one attached hydrogen (secondary N) is 1. The molecule has 11 heteroatoms. The van der Waals surface area contributed by atoms with E-state index in [1.54, 1.807) is 29.1 Å². The molecule has 47 heavy (non-hydrogen) atoms. The first-order valence-electron chi connectivity index (χ1n) is 16.9. The van der Waals surface area contributed by atoms with E-state index in [9.17, 15) is 9.00 Å². The Bertz CT molecular complexity index is 1840. The molecular weight excluding hydrogens is 613 g/mol. The smallest absolute Gasteiger partial charge is 0.261 e. The SMILES string of the molecule is C=S(=O)(c1ccc(-c2cc3cnc(Nc4ccc(C5CCCCC5)cc4)nc3n(CCN3CCOCC3)c2=O)nc1)C1CCOCC1. The molecule has 3 fully saturated rings. The monoisotopic (exact) mass is 656 g/mol. The van der Waals surface area contributed by atoms with Crippen LogP contribution in [0.5, 0.6) is 0 Å². The molecule has 248 valence electrons. The second kappa shape index (κ2) is 14.2. The van der Waals surface area contributed by atoms with Crippen LogP contribution in [0.25, 0.3) is 22.3 Å². The first-order chi connectivity index (χ1) is 23.0. The molecule has 2 aliphatic heterocycles. The van der Waals surface area contributed by atoms with E-state index in [1.807, 2.05) is 6.07 Å². The van der Waals surface area contributed by atoms with Crippen LogP contribution in [-0.2, 0) is 25.5 Å². The summed E-state index contributed by atoms with van der Waals surface area (Å²) in [4.78, 5) is 31.2. The van der Waals surface area contributed by atoms with Crippen LogP contribution < -0.4 is 10.9 Å². The molecule has 0 radical (unpaired) electrons. The van der Waals surface area contributed by atoms with E-state index in [-0.39, 0.29) is 10.8 Å². The Hall–Kier alpha value is -3.64. The lowest BCUT2D eigenvalue weighted by atomic mass is 9.84. The Morgan fingerprint density at radius 3 is 2.34 bits per heavy atom. The molecule has 4 aromatic rings. The first kappa shape index (κ1) is 31.9. The van der Waals surface area contributed by atoms with E-state index < -0.39 is 9.52 Å². The quantitative estimate of drug-likeness (QED) is 0.242. The highest BCUT2D eigenvalue weighted by atomic mass is 32.2. The summed E-state index contributed by atoms with van der Waals surface area (Å²) in [5, 5.41) is 4.05. The third-order valence-corrected chi connectivity index (χ3v) is 12.5. The van der Waals surface area contributed by atoms with Gasteiger partial charge >= 0.3 is 0 Å². The average Bonchev–Trinajstić information content (AvgIpc) is 3.13. The summed E-state index contributed by atoms with van der Waals surface area (Å²) >= 11 is 0. The molecule has 1 saturated carbocycles. The third-order valence-electron chi connectivity index (χ3n) is 9.93. The van der Waals surface area contributed by atoms with Gasteiger partial charge in [-0.05, 0) is 73.4 Å². The van der Waals surface area contributed by atoms with Crippen molar-refractivity contribution in [2.45, 2.75) is 67.6 Å². The van der Waals surface area contributed by atoms with Crippen LogP contribution >= 0.6 is 0 Å². The predicted octanol–water partition coefficient (Wildman–Crippen LogP) is 5.23. The summed E-state index contributed by atoms with van der Waals surface area (Å²) in [5.41, 5.74) is 3.67. The zero-order chi connectivity index (χ0) is 32.2. The fourth-order valence-electron chi connectivity index (χ4n) is 7.07. The molecule has 10 nitrogen and oxygen atoms in total. The molecule has 0 amide bonds. The number of morpholine rings is 1. The van der Waals surface area contributed by atoms with Crippen molar-refractivity contribution >= 4 is 38.1 Å². The largest absolute Gasteiger partial charge is 0.381 e. The summed E-state index contributed by atoms with van der Waals surface area (Å²) in [5.74, 6) is 5.19. The normalized spacial score (nSPS) is 19.8. The fourth-order valence-corrected chi connectivity index (χ4v) is 8.94. The van der Waals surface area contributed by atoms with Crippen molar-refractivity contribution in [2.75, 3.05) is 51.4 Å². The van der Waals surface area contributed by atoms with Gasteiger partial charge in [0, 0.05) is 82.5 Å². The lowest BCUT2D eigenvalue weighted by Gasteiger charge is -2.27. The molecule has 5 heterocycles. The highest BCUT2D eigenvalue weighted by Gasteiger charge is 2.25. The van der Waals surface area contributed by atoms with Gasteiger partial charge in [-0.2, -0.15) is 4.98 Å². The fraction of sp³-hybridized carbons (Fsp3) is 0.472. The van der Waals surface area contributed by atoms with E-state index in [4.69, 9.17) is 14.5 Å². The topological polar surface area (TPSA) is 111 Å². The highest BCUT2D eigenvalue weighted by Crippen LogP contribution is 2.33. The van der Waals surface area contributed by atoms with Crippen molar-refractivity contribution in [3.8, 4) is 11.3 Å².